The number of aryl methyl sites for hydroxylation is 1. The molecule has 4 rings (SSSR count). The van der Waals surface area contributed by atoms with Crippen molar-refractivity contribution in [2.45, 2.75) is 19.6 Å². The molecule has 2 aromatic heterocycles. The van der Waals surface area contributed by atoms with Gasteiger partial charge in [0.2, 0.25) is 5.95 Å². The summed E-state index contributed by atoms with van der Waals surface area (Å²) in [5.74, 6) is 0.312. The maximum absolute atomic E-state index is 13.8. The highest BCUT2D eigenvalue weighted by Gasteiger charge is 2.34. The number of alkyl halides is 3. The second-order valence-electron chi connectivity index (χ2n) is 8.09. The number of hydrogen-bond donors (Lipinski definition) is 3. The van der Waals surface area contributed by atoms with Crippen molar-refractivity contribution in [2.75, 3.05) is 49.3 Å². The molecule has 0 spiro atoms. The van der Waals surface area contributed by atoms with Crippen LogP contribution in [0.15, 0.2) is 24.4 Å². The lowest BCUT2D eigenvalue weighted by Crippen LogP contribution is -2.36. The number of ether oxygens (including phenoxy) is 1. The fourth-order valence-corrected chi connectivity index (χ4v) is 4.71. The summed E-state index contributed by atoms with van der Waals surface area (Å²) in [6.07, 6.45) is -3.20. The predicted octanol–water partition coefficient (Wildman–Crippen LogP) is 4.32. The van der Waals surface area contributed by atoms with E-state index in [2.05, 4.69) is 30.9 Å². The fraction of sp³-hybridized carbons (Fsp3) is 0.348. The van der Waals surface area contributed by atoms with Gasteiger partial charge in [-0.05, 0) is 24.6 Å². The van der Waals surface area contributed by atoms with Gasteiger partial charge in [0.25, 0.3) is 0 Å². The molecule has 1 aromatic carbocycles. The number of nitrogens with zero attached hydrogens (tertiary/aromatic N) is 5. The van der Waals surface area contributed by atoms with Gasteiger partial charge < -0.3 is 15.4 Å². The third-order valence-electron chi connectivity index (χ3n) is 5.54. The Hall–Kier alpha value is -3.80. The molecule has 0 atom stereocenters. The number of nitrogens with one attached hydrogen (secondary N) is 3. The van der Waals surface area contributed by atoms with Crippen molar-refractivity contribution >= 4 is 34.1 Å². The predicted molar refractivity (Wildman–Crippen MR) is 132 cm³/mol. The molecule has 1 aliphatic heterocycles. The normalized spacial score (nSPS) is 14.2. The Balaban J connectivity index is 1.50. The second kappa shape index (κ2) is 11.1. The average molecular weight is 533 g/mol. The van der Waals surface area contributed by atoms with Gasteiger partial charge in [-0.3, -0.25) is 10.2 Å². The summed E-state index contributed by atoms with van der Waals surface area (Å²) in [6, 6.07) is 5.00. The molecule has 37 heavy (non-hydrogen) atoms. The maximum atomic E-state index is 13.8. The average Bonchev–Trinajstić information content (AvgIpc) is 3.23. The van der Waals surface area contributed by atoms with Gasteiger partial charge in [-0.25, -0.2) is 19.7 Å². The number of amides is 2. The van der Waals surface area contributed by atoms with E-state index in [0.717, 1.165) is 17.4 Å². The van der Waals surface area contributed by atoms with Crippen molar-refractivity contribution < 1.29 is 22.7 Å². The number of morpholine rings is 1. The van der Waals surface area contributed by atoms with Crippen LogP contribution < -0.4 is 16.0 Å². The number of rotatable bonds is 6. The molecule has 10 nitrogen and oxygen atoms in total. The first-order chi connectivity index (χ1) is 17.7. The van der Waals surface area contributed by atoms with Crippen LogP contribution in [-0.4, -0.2) is 59.2 Å². The summed E-state index contributed by atoms with van der Waals surface area (Å²) in [6.45, 7) is 3.89. The van der Waals surface area contributed by atoms with Gasteiger partial charge in [-0.1, -0.05) is 17.4 Å². The van der Waals surface area contributed by atoms with Gasteiger partial charge in [0.15, 0.2) is 5.13 Å². The number of thiazole rings is 1. The molecular weight excluding hydrogens is 509 g/mol. The Labute approximate surface area is 214 Å². The lowest BCUT2D eigenvalue weighted by atomic mass is 10.0. The number of urea groups is 1. The molecule has 0 bridgehead atoms. The van der Waals surface area contributed by atoms with Crippen molar-refractivity contribution in [3.63, 3.8) is 0 Å². The molecule has 0 aliphatic carbocycles. The van der Waals surface area contributed by atoms with Crippen molar-refractivity contribution in [1.29, 1.82) is 5.26 Å². The zero-order chi connectivity index (χ0) is 26.6. The summed E-state index contributed by atoms with van der Waals surface area (Å²) >= 11 is 1.08. The molecular formula is C23H23F3N8O2S. The smallest absolute Gasteiger partial charge is 0.379 e. The van der Waals surface area contributed by atoms with E-state index >= 15 is 0 Å². The topological polar surface area (TPSA) is 128 Å². The monoisotopic (exact) mass is 532 g/mol. The van der Waals surface area contributed by atoms with Crippen LogP contribution in [0.5, 0.6) is 0 Å². The standard InChI is InChI=1S/C23H23F3N8O2S/c1-13-19(18-15(10-27)11-29-20(28-2)32-18)37-22(30-13)33-21(35)31-16-4-3-14(17(9-16)23(24,25)26)12-34-5-7-36-8-6-34/h3-4,9,11H,5-8,12H2,1-2H3,(H,28,29,32)(H2,30,31,33,35). The molecule has 3 aromatic rings. The SMILES string of the molecule is CNc1ncc(C#N)c(-c2sc(NC(=O)Nc3ccc(CN4CCOCC4)c(C(F)(F)F)c3)nc2C)n1. The Morgan fingerprint density at radius 3 is 2.68 bits per heavy atom. The molecule has 0 radical (unpaired) electrons. The molecule has 1 fully saturated rings. The quantitative estimate of drug-likeness (QED) is 0.428. The molecule has 14 heteroatoms. The number of benzene rings is 1. The van der Waals surface area contributed by atoms with Crippen LogP contribution in [0.1, 0.15) is 22.4 Å². The van der Waals surface area contributed by atoms with Gasteiger partial charge >= 0.3 is 12.2 Å². The van der Waals surface area contributed by atoms with Crippen LogP contribution in [0.4, 0.5) is 34.7 Å². The van der Waals surface area contributed by atoms with Crippen LogP contribution >= 0.6 is 11.3 Å². The summed E-state index contributed by atoms with van der Waals surface area (Å²) in [5, 5.41) is 17.4. The Morgan fingerprint density at radius 1 is 1.24 bits per heavy atom. The lowest BCUT2D eigenvalue weighted by molar-refractivity contribution is -0.138. The van der Waals surface area contributed by atoms with Crippen LogP contribution in [-0.2, 0) is 17.5 Å². The lowest BCUT2D eigenvalue weighted by Gasteiger charge is -2.27. The van der Waals surface area contributed by atoms with Gasteiger partial charge in [0.05, 0.1) is 41.1 Å². The minimum absolute atomic E-state index is 0.00900. The number of carbonyl (C=O) groups excluding carboxylic acids is 1. The highest BCUT2D eigenvalue weighted by molar-refractivity contribution is 7.19. The largest absolute Gasteiger partial charge is 0.416 e. The summed E-state index contributed by atoms with van der Waals surface area (Å²) in [7, 11) is 1.64. The zero-order valence-electron chi connectivity index (χ0n) is 19.9. The number of carbonyl (C=O) groups is 1. The summed E-state index contributed by atoms with van der Waals surface area (Å²) in [5.41, 5.74) is 0.418. The molecule has 1 aliphatic rings. The minimum atomic E-state index is -4.58. The van der Waals surface area contributed by atoms with Gasteiger partial charge in [0, 0.05) is 32.4 Å². The van der Waals surface area contributed by atoms with Crippen molar-refractivity contribution in [3.05, 3.63) is 46.8 Å². The Bertz CT molecular complexity index is 1330. The maximum Gasteiger partial charge on any atom is 0.416 e. The van der Waals surface area contributed by atoms with Gasteiger partial charge in [-0.2, -0.15) is 18.4 Å². The first-order valence-corrected chi connectivity index (χ1v) is 12.0. The number of nitriles is 1. The van der Waals surface area contributed by atoms with Crippen molar-refractivity contribution in [3.8, 4) is 16.6 Å². The highest BCUT2D eigenvalue weighted by atomic mass is 32.1. The second-order valence-corrected chi connectivity index (χ2v) is 9.09. The summed E-state index contributed by atoms with van der Waals surface area (Å²) in [4.78, 5) is 27.7. The Kier molecular flexibility index (Phi) is 7.86. The van der Waals surface area contributed by atoms with E-state index in [1.54, 1.807) is 14.0 Å². The van der Waals surface area contributed by atoms with E-state index in [-0.39, 0.29) is 28.5 Å². The van der Waals surface area contributed by atoms with Crippen LogP contribution in [0, 0.1) is 18.3 Å². The minimum Gasteiger partial charge on any atom is -0.379 e. The molecule has 2 amide bonds. The van der Waals surface area contributed by atoms with Crippen molar-refractivity contribution in [2.24, 2.45) is 0 Å². The van der Waals surface area contributed by atoms with Crippen LogP contribution in [0.2, 0.25) is 0 Å². The van der Waals surface area contributed by atoms with E-state index in [4.69, 9.17) is 4.74 Å². The van der Waals surface area contributed by atoms with E-state index in [9.17, 15) is 23.2 Å². The number of halogens is 3. The van der Waals surface area contributed by atoms with E-state index < -0.39 is 17.8 Å². The van der Waals surface area contributed by atoms with Crippen molar-refractivity contribution in [1.82, 2.24) is 19.9 Å². The first kappa shape index (κ1) is 26.3. The van der Waals surface area contributed by atoms with Gasteiger partial charge in [-0.15, -0.1) is 0 Å². The molecule has 194 valence electrons. The van der Waals surface area contributed by atoms with Crippen LogP contribution in [0.25, 0.3) is 10.6 Å². The third-order valence-corrected chi connectivity index (χ3v) is 6.62. The molecule has 0 saturated carbocycles. The number of anilines is 3. The van der Waals surface area contributed by atoms with E-state index in [1.807, 2.05) is 11.0 Å². The molecule has 3 N–H and O–H groups in total. The Morgan fingerprint density at radius 2 is 2.00 bits per heavy atom. The van der Waals surface area contributed by atoms with E-state index in [0.29, 0.717) is 48.5 Å². The number of aromatic nitrogens is 3. The highest BCUT2D eigenvalue weighted by Crippen LogP contribution is 2.36. The van der Waals surface area contributed by atoms with E-state index in [1.165, 1.54) is 18.3 Å². The fourth-order valence-electron chi connectivity index (χ4n) is 3.74. The van der Waals surface area contributed by atoms with Gasteiger partial charge in [0.1, 0.15) is 11.8 Å². The zero-order valence-corrected chi connectivity index (χ0v) is 20.8. The molecule has 0 unspecified atom stereocenters. The molecule has 3 heterocycles. The molecule has 1 saturated heterocycles. The first-order valence-electron chi connectivity index (χ1n) is 11.2. The summed E-state index contributed by atoms with van der Waals surface area (Å²) < 4.78 is 46.6. The van der Waals surface area contributed by atoms with Crippen LogP contribution in [0.3, 0.4) is 0 Å². The number of hydrogen-bond acceptors (Lipinski definition) is 9. The third kappa shape index (κ3) is 6.31.